The molecule has 0 radical (unpaired) electrons. The molecule has 1 spiro atoms. The van der Waals surface area contributed by atoms with Gasteiger partial charge in [0.25, 0.3) is 0 Å². The SMILES string of the molecule is Cc1ccc(N2C(=O)N(c3ccc(Cl)cc3)CC23COC3)cc1.N#Cc1ccccc1. The molecule has 0 saturated carbocycles. The molecule has 2 amide bonds. The molecule has 2 saturated heterocycles. The van der Waals surface area contributed by atoms with Gasteiger partial charge in [-0.05, 0) is 55.5 Å². The average molecular weight is 432 g/mol. The molecule has 156 valence electrons. The minimum absolute atomic E-state index is 0.0144. The van der Waals surface area contributed by atoms with Crippen LogP contribution in [0.25, 0.3) is 0 Å². The lowest BCUT2D eigenvalue weighted by atomic mass is 9.96. The van der Waals surface area contributed by atoms with Gasteiger partial charge in [0.15, 0.2) is 0 Å². The van der Waals surface area contributed by atoms with Crippen molar-refractivity contribution in [2.45, 2.75) is 12.5 Å². The van der Waals surface area contributed by atoms with Crippen molar-refractivity contribution in [3.63, 3.8) is 0 Å². The summed E-state index contributed by atoms with van der Waals surface area (Å²) >= 11 is 5.95. The summed E-state index contributed by atoms with van der Waals surface area (Å²) in [6, 6.07) is 26.6. The van der Waals surface area contributed by atoms with E-state index in [4.69, 9.17) is 21.6 Å². The van der Waals surface area contributed by atoms with Gasteiger partial charge in [-0.2, -0.15) is 5.26 Å². The number of carbonyl (C=O) groups is 1. The third kappa shape index (κ3) is 4.27. The first-order chi connectivity index (χ1) is 15.0. The van der Waals surface area contributed by atoms with E-state index in [9.17, 15) is 4.79 Å². The van der Waals surface area contributed by atoms with Crippen LogP contribution < -0.4 is 9.80 Å². The molecule has 6 heteroatoms. The van der Waals surface area contributed by atoms with Gasteiger partial charge in [-0.1, -0.05) is 47.5 Å². The van der Waals surface area contributed by atoms with Gasteiger partial charge >= 0.3 is 6.03 Å². The lowest BCUT2D eigenvalue weighted by molar-refractivity contribution is -0.0418. The molecule has 0 unspecified atom stereocenters. The summed E-state index contributed by atoms with van der Waals surface area (Å²) in [6.45, 7) is 3.80. The van der Waals surface area contributed by atoms with Crippen LogP contribution in [0.5, 0.6) is 0 Å². The number of nitriles is 1. The van der Waals surface area contributed by atoms with E-state index in [0.29, 0.717) is 30.3 Å². The zero-order chi connectivity index (χ0) is 21.8. The number of ether oxygens (including phenoxy) is 1. The van der Waals surface area contributed by atoms with Crippen LogP contribution in [0.4, 0.5) is 16.2 Å². The quantitative estimate of drug-likeness (QED) is 0.544. The summed E-state index contributed by atoms with van der Waals surface area (Å²) < 4.78 is 5.45. The fourth-order valence-electron chi connectivity index (χ4n) is 3.73. The van der Waals surface area contributed by atoms with Gasteiger partial charge in [0.1, 0.15) is 5.54 Å². The largest absolute Gasteiger partial charge is 0.376 e. The van der Waals surface area contributed by atoms with Gasteiger partial charge in [-0.15, -0.1) is 0 Å². The molecule has 2 heterocycles. The number of aryl methyl sites for hydroxylation is 1. The Morgan fingerprint density at radius 3 is 2.06 bits per heavy atom. The van der Waals surface area contributed by atoms with E-state index in [1.165, 1.54) is 5.56 Å². The van der Waals surface area contributed by atoms with Crippen LogP contribution in [0.15, 0.2) is 78.9 Å². The topological polar surface area (TPSA) is 56.6 Å². The third-order valence-corrected chi connectivity index (χ3v) is 5.68. The van der Waals surface area contributed by atoms with Crippen molar-refractivity contribution in [2.24, 2.45) is 0 Å². The molecule has 5 rings (SSSR count). The third-order valence-electron chi connectivity index (χ3n) is 5.42. The number of halogens is 1. The molecule has 0 bridgehead atoms. The highest BCUT2D eigenvalue weighted by molar-refractivity contribution is 6.30. The minimum Gasteiger partial charge on any atom is -0.376 e. The molecule has 0 N–H and O–H groups in total. The fraction of sp³-hybridized carbons (Fsp3) is 0.200. The van der Waals surface area contributed by atoms with Crippen molar-refractivity contribution < 1.29 is 9.53 Å². The van der Waals surface area contributed by atoms with Crippen molar-refractivity contribution in [1.29, 1.82) is 5.26 Å². The lowest BCUT2D eigenvalue weighted by Gasteiger charge is -2.43. The Hall–Kier alpha value is -3.33. The van der Waals surface area contributed by atoms with E-state index in [2.05, 4.69) is 0 Å². The number of rotatable bonds is 2. The molecule has 3 aromatic rings. The highest BCUT2D eigenvalue weighted by Crippen LogP contribution is 2.39. The van der Waals surface area contributed by atoms with E-state index in [1.807, 2.05) is 84.6 Å². The van der Waals surface area contributed by atoms with Gasteiger partial charge in [-0.3, -0.25) is 9.80 Å². The predicted octanol–water partition coefficient (Wildman–Crippen LogP) is 5.42. The van der Waals surface area contributed by atoms with Crippen molar-refractivity contribution in [3.05, 3.63) is 95.0 Å². The van der Waals surface area contributed by atoms with Crippen molar-refractivity contribution >= 4 is 29.0 Å². The molecular weight excluding hydrogens is 410 g/mol. The van der Waals surface area contributed by atoms with Crippen LogP contribution in [-0.2, 0) is 4.74 Å². The van der Waals surface area contributed by atoms with Gasteiger partial charge in [0.05, 0.1) is 31.4 Å². The van der Waals surface area contributed by atoms with Crippen LogP contribution in [-0.4, -0.2) is 31.3 Å². The van der Waals surface area contributed by atoms with E-state index in [0.717, 1.165) is 11.4 Å². The molecular formula is C25H22ClN3O2. The van der Waals surface area contributed by atoms with E-state index in [1.54, 1.807) is 17.0 Å². The maximum absolute atomic E-state index is 13.0. The predicted molar refractivity (Wildman–Crippen MR) is 123 cm³/mol. The average Bonchev–Trinajstić information content (AvgIpc) is 3.10. The summed E-state index contributed by atoms with van der Waals surface area (Å²) in [4.78, 5) is 16.7. The van der Waals surface area contributed by atoms with Crippen LogP contribution in [0.3, 0.4) is 0 Å². The Bertz CT molecular complexity index is 1090. The number of amides is 2. The molecule has 0 aromatic heterocycles. The van der Waals surface area contributed by atoms with Crippen LogP contribution >= 0.6 is 11.6 Å². The number of urea groups is 1. The normalized spacial score (nSPS) is 16.4. The summed E-state index contributed by atoms with van der Waals surface area (Å²) in [7, 11) is 0. The highest BCUT2D eigenvalue weighted by Gasteiger charge is 2.55. The smallest absolute Gasteiger partial charge is 0.329 e. The first-order valence-electron chi connectivity index (χ1n) is 9.99. The molecule has 2 fully saturated rings. The summed E-state index contributed by atoms with van der Waals surface area (Å²) in [5, 5.41) is 8.95. The van der Waals surface area contributed by atoms with E-state index >= 15 is 0 Å². The Balaban J connectivity index is 0.000000245. The number of anilines is 2. The first-order valence-corrected chi connectivity index (χ1v) is 10.4. The monoisotopic (exact) mass is 431 g/mol. The molecule has 5 nitrogen and oxygen atoms in total. The van der Waals surface area contributed by atoms with Crippen molar-refractivity contribution in [3.8, 4) is 6.07 Å². The maximum Gasteiger partial charge on any atom is 0.329 e. The van der Waals surface area contributed by atoms with E-state index in [-0.39, 0.29) is 11.6 Å². The van der Waals surface area contributed by atoms with Gasteiger partial charge < -0.3 is 4.74 Å². The Kier molecular flexibility index (Phi) is 5.94. The Labute approximate surface area is 187 Å². The minimum atomic E-state index is -0.272. The molecule has 0 aliphatic carbocycles. The molecule has 0 atom stereocenters. The van der Waals surface area contributed by atoms with E-state index < -0.39 is 0 Å². The number of hydrogen-bond donors (Lipinski definition) is 0. The van der Waals surface area contributed by atoms with Gasteiger partial charge in [0.2, 0.25) is 0 Å². The summed E-state index contributed by atoms with van der Waals surface area (Å²) in [5.74, 6) is 0. The van der Waals surface area contributed by atoms with Crippen LogP contribution in [0.2, 0.25) is 5.02 Å². The van der Waals surface area contributed by atoms with Gasteiger partial charge in [0, 0.05) is 16.4 Å². The Morgan fingerprint density at radius 2 is 1.55 bits per heavy atom. The zero-order valence-corrected chi connectivity index (χ0v) is 17.9. The highest BCUT2D eigenvalue weighted by atomic mass is 35.5. The van der Waals surface area contributed by atoms with Crippen LogP contribution in [0.1, 0.15) is 11.1 Å². The number of carbonyl (C=O) groups excluding carboxylic acids is 1. The molecule has 2 aliphatic heterocycles. The molecule has 3 aromatic carbocycles. The zero-order valence-electron chi connectivity index (χ0n) is 17.2. The molecule has 2 aliphatic rings. The second-order valence-electron chi connectivity index (χ2n) is 7.71. The number of nitrogens with zero attached hydrogens (tertiary/aromatic N) is 3. The number of hydrogen-bond acceptors (Lipinski definition) is 3. The van der Waals surface area contributed by atoms with Gasteiger partial charge in [-0.25, -0.2) is 4.79 Å². The first kappa shape index (κ1) is 20.9. The fourth-order valence-corrected chi connectivity index (χ4v) is 3.85. The standard InChI is InChI=1S/C18H17ClN2O2.C7H5N/c1-13-2-6-16(7-3-13)21-17(22)20(10-18(21)11-23-12-18)15-8-4-14(19)5-9-15;8-6-7-4-2-1-3-5-7/h2-9H,10-12H2,1H3;1-5H. The summed E-state index contributed by atoms with van der Waals surface area (Å²) in [6.07, 6.45) is 0. The lowest BCUT2D eigenvalue weighted by Crippen LogP contribution is -2.61. The van der Waals surface area contributed by atoms with Crippen LogP contribution in [0, 0.1) is 18.3 Å². The number of benzene rings is 3. The second kappa shape index (κ2) is 8.81. The maximum atomic E-state index is 13.0. The second-order valence-corrected chi connectivity index (χ2v) is 8.15. The van der Waals surface area contributed by atoms with Crippen molar-refractivity contribution in [1.82, 2.24) is 0 Å². The Morgan fingerprint density at radius 1 is 0.935 bits per heavy atom. The molecule has 31 heavy (non-hydrogen) atoms. The summed E-state index contributed by atoms with van der Waals surface area (Å²) in [5.41, 5.74) is 3.40. The van der Waals surface area contributed by atoms with Crippen molar-refractivity contribution in [2.75, 3.05) is 29.6 Å².